The molecule has 0 amide bonds. The molecule has 0 bridgehead atoms. The number of nitrogens with one attached hydrogen (secondary N) is 2. The molecule has 1 unspecified atom stereocenters. The second-order valence-corrected chi connectivity index (χ2v) is 5.56. The molecule has 2 heterocycles. The zero-order valence-corrected chi connectivity index (χ0v) is 12.4. The summed E-state index contributed by atoms with van der Waals surface area (Å²) in [4.78, 5) is 0. The third kappa shape index (κ3) is 3.03. The molecule has 2 aromatic rings. The van der Waals surface area contributed by atoms with Gasteiger partial charge in [-0.2, -0.15) is 0 Å². The van der Waals surface area contributed by atoms with E-state index in [1.165, 1.54) is 28.9 Å². The molecule has 2 aromatic carbocycles. The van der Waals surface area contributed by atoms with Gasteiger partial charge in [-0.25, -0.2) is 0 Å². The van der Waals surface area contributed by atoms with Gasteiger partial charge < -0.3 is 15.7 Å². The Morgan fingerprint density at radius 2 is 1.62 bits per heavy atom. The molecule has 1 atom stereocenters. The number of aliphatic hydroxyl groups excluding tert-OH is 1. The van der Waals surface area contributed by atoms with Crippen molar-refractivity contribution in [2.45, 2.75) is 25.9 Å². The fourth-order valence-electron chi connectivity index (χ4n) is 3.01. The van der Waals surface area contributed by atoms with Crippen molar-refractivity contribution >= 4 is 11.4 Å². The van der Waals surface area contributed by atoms with E-state index in [2.05, 4.69) is 41.0 Å². The summed E-state index contributed by atoms with van der Waals surface area (Å²) in [6, 6.07) is 14.5. The number of para-hydroxylation sites is 1. The van der Waals surface area contributed by atoms with Crippen LogP contribution in [0.4, 0.5) is 11.4 Å². The van der Waals surface area contributed by atoms with Crippen LogP contribution in [-0.4, -0.2) is 18.2 Å². The Bertz CT molecular complexity index is 599. The maximum Gasteiger partial charge on any atom is 0.0765 e. The van der Waals surface area contributed by atoms with Crippen molar-refractivity contribution in [2.24, 2.45) is 0 Å². The van der Waals surface area contributed by atoms with Crippen LogP contribution in [0.3, 0.4) is 0 Å². The molecule has 3 heteroatoms. The van der Waals surface area contributed by atoms with E-state index in [0.29, 0.717) is 0 Å². The van der Waals surface area contributed by atoms with Crippen LogP contribution in [0.5, 0.6) is 0 Å². The molecule has 0 saturated heterocycles. The fourth-order valence-corrected chi connectivity index (χ4v) is 3.01. The van der Waals surface area contributed by atoms with E-state index in [9.17, 15) is 5.11 Å². The Kier molecular flexibility index (Phi) is 4.11. The molecule has 0 radical (unpaired) electrons. The summed E-state index contributed by atoms with van der Waals surface area (Å²) < 4.78 is 0. The predicted molar refractivity (Wildman–Crippen MR) is 87.9 cm³/mol. The molecule has 3 nitrogen and oxygen atoms in total. The SMILES string of the molecule is CC(O)c1cccc2c1CCN2.c1ccc2c(c1)CCN2. The molecule has 3 N–H and O–H groups in total. The molecule has 0 saturated carbocycles. The van der Waals surface area contributed by atoms with Crippen molar-refractivity contribution in [3.63, 3.8) is 0 Å². The van der Waals surface area contributed by atoms with E-state index in [1.54, 1.807) is 0 Å². The first-order valence-corrected chi connectivity index (χ1v) is 7.61. The summed E-state index contributed by atoms with van der Waals surface area (Å²) >= 11 is 0. The highest BCUT2D eigenvalue weighted by atomic mass is 16.3. The summed E-state index contributed by atoms with van der Waals surface area (Å²) in [5.74, 6) is 0. The number of rotatable bonds is 1. The number of anilines is 2. The van der Waals surface area contributed by atoms with Gasteiger partial charge in [0.1, 0.15) is 0 Å². The van der Waals surface area contributed by atoms with Gasteiger partial charge in [0.2, 0.25) is 0 Å². The first kappa shape index (κ1) is 14.0. The van der Waals surface area contributed by atoms with Gasteiger partial charge in [-0.1, -0.05) is 30.3 Å². The molecule has 0 aliphatic carbocycles. The molecule has 0 spiro atoms. The van der Waals surface area contributed by atoms with Crippen molar-refractivity contribution in [3.8, 4) is 0 Å². The Morgan fingerprint density at radius 1 is 0.905 bits per heavy atom. The highest BCUT2D eigenvalue weighted by Gasteiger charge is 2.15. The first-order valence-electron chi connectivity index (χ1n) is 7.61. The molecule has 4 rings (SSSR count). The minimum atomic E-state index is -0.347. The molecule has 0 fully saturated rings. The lowest BCUT2D eigenvalue weighted by Crippen LogP contribution is -1.95. The smallest absolute Gasteiger partial charge is 0.0765 e. The van der Waals surface area contributed by atoms with Gasteiger partial charge in [0.05, 0.1) is 6.10 Å². The number of fused-ring (bicyclic) bond motifs is 2. The largest absolute Gasteiger partial charge is 0.389 e. The van der Waals surface area contributed by atoms with Crippen molar-refractivity contribution in [3.05, 3.63) is 59.2 Å². The summed E-state index contributed by atoms with van der Waals surface area (Å²) in [5, 5.41) is 16.0. The van der Waals surface area contributed by atoms with E-state index in [-0.39, 0.29) is 6.10 Å². The van der Waals surface area contributed by atoms with Gasteiger partial charge in [0, 0.05) is 24.5 Å². The van der Waals surface area contributed by atoms with Crippen LogP contribution < -0.4 is 10.6 Å². The minimum Gasteiger partial charge on any atom is -0.389 e. The monoisotopic (exact) mass is 282 g/mol. The molecule has 110 valence electrons. The zero-order valence-electron chi connectivity index (χ0n) is 12.4. The number of benzene rings is 2. The standard InChI is InChI=1S/C10H13NO.C8H9N/c1-7(12)8-3-2-4-10-9(8)5-6-11-10;1-2-4-8-7(3-1)5-6-9-8/h2-4,7,11-12H,5-6H2,1H3;1-4,9H,5-6H2. The lowest BCUT2D eigenvalue weighted by Gasteiger charge is -2.09. The van der Waals surface area contributed by atoms with Gasteiger partial charge >= 0.3 is 0 Å². The highest BCUT2D eigenvalue weighted by molar-refractivity contribution is 5.59. The summed E-state index contributed by atoms with van der Waals surface area (Å²) in [7, 11) is 0. The number of hydrogen-bond donors (Lipinski definition) is 3. The molecule has 2 aliphatic heterocycles. The molecule has 2 aliphatic rings. The van der Waals surface area contributed by atoms with Gasteiger partial charge in [0.25, 0.3) is 0 Å². The van der Waals surface area contributed by atoms with E-state index >= 15 is 0 Å². The number of aliphatic hydroxyl groups is 1. The zero-order chi connectivity index (χ0) is 14.7. The van der Waals surface area contributed by atoms with E-state index in [0.717, 1.165) is 25.1 Å². The van der Waals surface area contributed by atoms with E-state index in [1.807, 2.05) is 19.1 Å². The van der Waals surface area contributed by atoms with Gasteiger partial charge in [0.15, 0.2) is 0 Å². The topological polar surface area (TPSA) is 44.3 Å². The normalized spacial score (nSPS) is 15.9. The van der Waals surface area contributed by atoms with Crippen LogP contribution in [0.25, 0.3) is 0 Å². The van der Waals surface area contributed by atoms with E-state index < -0.39 is 0 Å². The lowest BCUT2D eigenvalue weighted by molar-refractivity contribution is 0.198. The molecule has 0 aromatic heterocycles. The molecular formula is C18H22N2O. The summed E-state index contributed by atoms with van der Waals surface area (Å²) in [6.07, 6.45) is 1.88. The minimum absolute atomic E-state index is 0.347. The Hall–Kier alpha value is -2.00. The first-order chi connectivity index (χ1) is 10.3. The predicted octanol–water partition coefficient (Wildman–Crippen LogP) is 3.36. The highest BCUT2D eigenvalue weighted by Crippen LogP contribution is 2.28. The average Bonchev–Trinajstić information content (AvgIpc) is 3.16. The third-order valence-electron chi connectivity index (χ3n) is 4.08. The van der Waals surface area contributed by atoms with E-state index in [4.69, 9.17) is 0 Å². The van der Waals surface area contributed by atoms with Crippen LogP contribution in [0.15, 0.2) is 42.5 Å². The summed E-state index contributed by atoms with van der Waals surface area (Å²) in [6.45, 7) is 3.92. The molecular weight excluding hydrogens is 260 g/mol. The summed E-state index contributed by atoms with van der Waals surface area (Å²) in [5.41, 5.74) is 6.31. The van der Waals surface area contributed by atoms with Crippen LogP contribution in [0.1, 0.15) is 29.7 Å². The molecule has 21 heavy (non-hydrogen) atoms. The van der Waals surface area contributed by atoms with Crippen LogP contribution >= 0.6 is 0 Å². The number of hydrogen-bond acceptors (Lipinski definition) is 3. The Labute approximate surface area is 126 Å². The lowest BCUT2D eigenvalue weighted by atomic mass is 10.0. The van der Waals surface area contributed by atoms with Crippen LogP contribution in [0, 0.1) is 0 Å². The fraction of sp³-hybridized carbons (Fsp3) is 0.333. The maximum absolute atomic E-state index is 9.46. The Morgan fingerprint density at radius 3 is 2.43 bits per heavy atom. The van der Waals surface area contributed by atoms with Crippen LogP contribution in [0.2, 0.25) is 0 Å². The second kappa shape index (κ2) is 6.19. The van der Waals surface area contributed by atoms with Gasteiger partial charge in [-0.15, -0.1) is 0 Å². The van der Waals surface area contributed by atoms with Gasteiger partial charge in [-0.05, 0) is 48.6 Å². The van der Waals surface area contributed by atoms with Crippen LogP contribution in [-0.2, 0) is 12.8 Å². The quantitative estimate of drug-likeness (QED) is 0.751. The second-order valence-electron chi connectivity index (χ2n) is 5.56. The van der Waals surface area contributed by atoms with Crippen molar-refractivity contribution < 1.29 is 5.11 Å². The average molecular weight is 282 g/mol. The van der Waals surface area contributed by atoms with Crippen molar-refractivity contribution in [1.82, 2.24) is 0 Å². The third-order valence-corrected chi connectivity index (χ3v) is 4.08. The Balaban J connectivity index is 0.000000131. The van der Waals surface area contributed by atoms with Gasteiger partial charge in [-0.3, -0.25) is 0 Å². The maximum atomic E-state index is 9.46. The van der Waals surface area contributed by atoms with Crippen molar-refractivity contribution in [2.75, 3.05) is 23.7 Å². The van der Waals surface area contributed by atoms with Crippen molar-refractivity contribution in [1.29, 1.82) is 0 Å².